The number of aliphatic imine (C=N–C) groups is 1. The van der Waals surface area contributed by atoms with Crippen molar-refractivity contribution in [2.75, 3.05) is 18.3 Å². The van der Waals surface area contributed by atoms with Gasteiger partial charge in [0.15, 0.2) is 16.6 Å². The van der Waals surface area contributed by atoms with E-state index in [9.17, 15) is 13.2 Å². The summed E-state index contributed by atoms with van der Waals surface area (Å²) in [5, 5.41) is 11.1. The maximum Gasteiger partial charge on any atom is 0.266 e. The Kier molecular flexibility index (Phi) is 6.26. The lowest BCUT2D eigenvalue weighted by atomic mass is 10.1. The van der Waals surface area contributed by atoms with E-state index in [4.69, 9.17) is 10.5 Å². The number of primary amides is 1. The molecule has 9 nitrogen and oxygen atoms in total. The number of carbonyl (C=O) groups is 1. The average Bonchev–Trinajstić information content (AvgIpc) is 2.84. The first-order valence-corrected chi connectivity index (χ1v) is 10.9. The number of carbonyl (C=O) groups excluding carboxylic acids is 1. The fourth-order valence-corrected chi connectivity index (χ4v) is 3.36. The maximum atomic E-state index is 11.6. The molecule has 156 valence electrons. The number of rotatable bonds is 7. The fraction of sp³-hybridized carbons (Fsp3) is 0.200. The van der Waals surface area contributed by atoms with E-state index in [-0.39, 0.29) is 23.2 Å². The molecule has 0 saturated carbocycles. The van der Waals surface area contributed by atoms with Gasteiger partial charge in [0, 0.05) is 23.1 Å². The lowest BCUT2D eigenvalue weighted by molar-refractivity contribution is -0.114. The van der Waals surface area contributed by atoms with Crippen molar-refractivity contribution in [1.29, 1.82) is 0 Å². The molecule has 1 aromatic heterocycles. The van der Waals surface area contributed by atoms with Crippen LogP contribution in [-0.2, 0) is 25.8 Å². The molecule has 1 aromatic carbocycles. The van der Waals surface area contributed by atoms with Crippen LogP contribution in [0.1, 0.15) is 17.7 Å². The van der Waals surface area contributed by atoms with Crippen molar-refractivity contribution in [3.63, 3.8) is 0 Å². The molecule has 0 aliphatic heterocycles. The molecule has 0 atom stereocenters. The van der Waals surface area contributed by atoms with Gasteiger partial charge in [-0.05, 0) is 43.2 Å². The number of nitrogens with two attached hydrogens (primary N) is 1. The Morgan fingerprint density at radius 1 is 1.33 bits per heavy atom. The predicted octanol–water partition coefficient (Wildman–Crippen LogP) is 1.69. The lowest BCUT2D eigenvalue weighted by Crippen LogP contribution is -2.18. The first-order chi connectivity index (χ1) is 14.2. The van der Waals surface area contributed by atoms with E-state index in [1.807, 2.05) is 12.1 Å². The minimum absolute atomic E-state index is 0.00576. The Balaban J connectivity index is 1.78. The minimum Gasteiger partial charge on any atom is -0.456 e. The molecule has 2 bridgehead atoms. The van der Waals surface area contributed by atoms with Crippen LogP contribution in [0.2, 0.25) is 0 Å². The highest BCUT2D eigenvalue weighted by Gasteiger charge is 2.17. The first-order valence-electron chi connectivity index (χ1n) is 9.01. The van der Waals surface area contributed by atoms with Gasteiger partial charge in [-0.3, -0.25) is 4.79 Å². The second kappa shape index (κ2) is 8.87. The fourth-order valence-electron chi connectivity index (χ4n) is 2.73. The van der Waals surface area contributed by atoms with Crippen LogP contribution in [0, 0.1) is 0 Å². The van der Waals surface area contributed by atoms with Crippen LogP contribution in [0.5, 0.6) is 0 Å². The van der Waals surface area contributed by atoms with Gasteiger partial charge in [0.2, 0.25) is 5.90 Å². The largest absolute Gasteiger partial charge is 0.456 e. The average molecular weight is 427 g/mol. The van der Waals surface area contributed by atoms with E-state index in [0.29, 0.717) is 17.7 Å². The predicted molar refractivity (Wildman–Crippen MR) is 113 cm³/mol. The summed E-state index contributed by atoms with van der Waals surface area (Å²) in [4.78, 5) is 15.8. The molecule has 2 aromatic rings. The number of fused-ring (bicyclic) bond motifs is 2. The molecule has 3 N–H and O–H groups in total. The number of ether oxygens (including phenoxy) is 1. The Labute approximate surface area is 174 Å². The minimum atomic E-state index is -3.27. The summed E-state index contributed by atoms with van der Waals surface area (Å²) in [5.74, 6) is -0.594. The number of nitrogens with zero attached hydrogens (tertiary/aromatic N) is 3. The number of aryl methyl sites for hydroxylation is 1. The zero-order chi connectivity index (χ0) is 21.7. The molecule has 1 aliphatic carbocycles. The third-order valence-electron chi connectivity index (χ3n) is 4.28. The van der Waals surface area contributed by atoms with E-state index in [2.05, 4.69) is 27.1 Å². The van der Waals surface area contributed by atoms with E-state index in [0.717, 1.165) is 23.9 Å². The highest BCUT2D eigenvalue weighted by atomic mass is 32.2. The molecular formula is C20H21N5O4S. The van der Waals surface area contributed by atoms with Gasteiger partial charge in [0.25, 0.3) is 5.91 Å². The van der Waals surface area contributed by atoms with Crippen LogP contribution < -0.4 is 11.1 Å². The summed E-state index contributed by atoms with van der Waals surface area (Å²) in [5.41, 5.74) is 8.03. The monoisotopic (exact) mass is 427 g/mol. The molecule has 0 unspecified atom stereocenters. The first kappa shape index (κ1) is 21.2. The van der Waals surface area contributed by atoms with E-state index < -0.39 is 15.7 Å². The van der Waals surface area contributed by atoms with Gasteiger partial charge >= 0.3 is 0 Å². The standard InChI is InChI=1S/C20H21N5O4S/c1-13(19(21)26)24-20(18-5-3-4-16-10-14(18)11-23-25-16)29-12-22-15-6-8-17(9-7-15)30(2,27)28/h5-11,22H,1,3-4,12H2,2H3,(H2,21,26). The SMILES string of the molecule is C=C(N=C(OCNc1ccc(S(C)(=O)=O)cc1)C1=CCCc2cc1cnn2)C(N)=O. The van der Waals surface area contributed by atoms with E-state index in [1.165, 1.54) is 12.1 Å². The molecule has 0 spiro atoms. The molecule has 1 amide bonds. The van der Waals surface area contributed by atoms with Gasteiger partial charge in [0.05, 0.1) is 16.8 Å². The number of amides is 1. The molecule has 1 heterocycles. The third-order valence-corrected chi connectivity index (χ3v) is 5.41. The Bertz CT molecular complexity index is 1140. The molecule has 1 aliphatic rings. The number of sulfone groups is 1. The van der Waals surface area contributed by atoms with Crippen LogP contribution in [0.15, 0.2) is 64.8 Å². The Morgan fingerprint density at radius 2 is 2.07 bits per heavy atom. The lowest BCUT2D eigenvalue weighted by Gasteiger charge is -2.14. The summed E-state index contributed by atoms with van der Waals surface area (Å²) in [6, 6.07) is 8.14. The van der Waals surface area contributed by atoms with Gasteiger partial charge in [-0.15, -0.1) is 0 Å². The van der Waals surface area contributed by atoms with Crippen molar-refractivity contribution in [3.05, 3.63) is 66.1 Å². The maximum absolute atomic E-state index is 11.6. The van der Waals surface area contributed by atoms with Crippen molar-refractivity contribution in [1.82, 2.24) is 10.2 Å². The summed E-state index contributed by atoms with van der Waals surface area (Å²) < 4.78 is 28.9. The highest BCUT2D eigenvalue weighted by Crippen LogP contribution is 2.23. The quantitative estimate of drug-likeness (QED) is 0.297. The smallest absolute Gasteiger partial charge is 0.266 e. The second-order valence-electron chi connectivity index (χ2n) is 6.58. The zero-order valence-electron chi connectivity index (χ0n) is 16.3. The second-order valence-corrected chi connectivity index (χ2v) is 8.60. The van der Waals surface area contributed by atoms with Crippen LogP contribution in [0.3, 0.4) is 0 Å². The van der Waals surface area contributed by atoms with Gasteiger partial charge < -0.3 is 15.8 Å². The van der Waals surface area contributed by atoms with Gasteiger partial charge in [-0.2, -0.15) is 10.2 Å². The molecule has 30 heavy (non-hydrogen) atoms. The van der Waals surface area contributed by atoms with Gasteiger partial charge in [-0.1, -0.05) is 12.7 Å². The van der Waals surface area contributed by atoms with Gasteiger partial charge in [0.1, 0.15) is 5.70 Å². The molecular weight excluding hydrogens is 406 g/mol. The highest BCUT2D eigenvalue weighted by molar-refractivity contribution is 7.90. The van der Waals surface area contributed by atoms with Crippen molar-refractivity contribution >= 4 is 32.9 Å². The van der Waals surface area contributed by atoms with Gasteiger partial charge in [-0.25, -0.2) is 13.4 Å². The van der Waals surface area contributed by atoms with Crippen LogP contribution >= 0.6 is 0 Å². The van der Waals surface area contributed by atoms with Crippen molar-refractivity contribution in [2.45, 2.75) is 17.7 Å². The normalized spacial score (nSPS) is 13.8. The number of benzene rings is 1. The molecule has 0 radical (unpaired) electrons. The number of nitrogens with one attached hydrogen (secondary N) is 1. The summed E-state index contributed by atoms with van der Waals surface area (Å²) in [6.07, 6.45) is 6.08. The van der Waals surface area contributed by atoms with E-state index >= 15 is 0 Å². The molecule has 3 rings (SSSR count). The zero-order valence-corrected chi connectivity index (χ0v) is 17.1. The molecule has 0 saturated heterocycles. The third kappa shape index (κ3) is 5.29. The van der Waals surface area contributed by atoms with E-state index in [1.54, 1.807) is 18.3 Å². The molecule has 10 heteroatoms. The Morgan fingerprint density at radius 3 is 2.73 bits per heavy atom. The molecule has 0 fully saturated rings. The van der Waals surface area contributed by atoms with Crippen LogP contribution in [0.25, 0.3) is 5.57 Å². The van der Waals surface area contributed by atoms with Crippen LogP contribution in [0.4, 0.5) is 5.69 Å². The van der Waals surface area contributed by atoms with Crippen molar-refractivity contribution in [2.24, 2.45) is 10.7 Å². The number of allylic oxidation sites excluding steroid dienone is 1. The number of hydrogen-bond acceptors (Lipinski definition) is 8. The summed E-state index contributed by atoms with van der Waals surface area (Å²) in [7, 11) is -3.27. The topological polar surface area (TPSA) is 137 Å². The van der Waals surface area contributed by atoms with Crippen molar-refractivity contribution < 1.29 is 17.9 Å². The number of hydrogen-bond donors (Lipinski definition) is 2. The van der Waals surface area contributed by atoms with Crippen LogP contribution in [-0.4, -0.2) is 43.4 Å². The number of aromatic nitrogens is 2. The summed E-state index contributed by atoms with van der Waals surface area (Å²) >= 11 is 0. The van der Waals surface area contributed by atoms with Crippen molar-refractivity contribution in [3.8, 4) is 0 Å². The Hall–Kier alpha value is -3.53. The number of anilines is 1. The summed E-state index contributed by atoms with van der Waals surface area (Å²) in [6.45, 7) is 3.57.